The van der Waals surface area contributed by atoms with Gasteiger partial charge in [0.15, 0.2) is 5.96 Å². The molecule has 0 fully saturated rings. The minimum Gasteiger partial charge on any atom is -0.497 e. The summed E-state index contributed by atoms with van der Waals surface area (Å²) in [5.74, 6) is 0.456. The van der Waals surface area contributed by atoms with Gasteiger partial charge in [0.25, 0.3) is 0 Å². The van der Waals surface area contributed by atoms with E-state index in [1.165, 1.54) is 24.1 Å². The molecule has 152 valence electrons. The summed E-state index contributed by atoms with van der Waals surface area (Å²) in [5, 5.41) is 6.19. The lowest BCUT2D eigenvalue weighted by Gasteiger charge is -2.15. The van der Waals surface area contributed by atoms with Crippen molar-refractivity contribution in [2.45, 2.75) is 13.1 Å². The Hall–Kier alpha value is -2.36. The summed E-state index contributed by atoms with van der Waals surface area (Å²) in [6, 6.07) is 14.3. The Balaban J connectivity index is 0.00000392. The minimum atomic E-state index is -0.380. The average molecular weight is 500 g/mol. The Morgan fingerprint density at radius 1 is 1.11 bits per heavy atom. The number of nitrogens with one attached hydrogen (secondary N) is 2. The number of likely N-dealkylation sites (N-methyl/N-ethyl adjacent to an activating group) is 1. The summed E-state index contributed by atoms with van der Waals surface area (Å²) < 4.78 is 18.7. The molecular weight excluding hydrogens is 474 g/mol. The zero-order valence-electron chi connectivity index (χ0n) is 16.2. The number of carbonyl (C=O) groups is 1. The van der Waals surface area contributed by atoms with Crippen molar-refractivity contribution in [1.29, 1.82) is 0 Å². The number of benzene rings is 2. The third kappa shape index (κ3) is 8.12. The van der Waals surface area contributed by atoms with Crippen LogP contribution in [0.2, 0.25) is 0 Å². The first-order valence-corrected chi connectivity index (χ1v) is 8.57. The second kappa shape index (κ2) is 12.2. The topological polar surface area (TPSA) is 66.0 Å². The van der Waals surface area contributed by atoms with Gasteiger partial charge in [-0.25, -0.2) is 9.38 Å². The van der Waals surface area contributed by atoms with Crippen molar-refractivity contribution in [3.8, 4) is 5.75 Å². The fourth-order valence-corrected chi connectivity index (χ4v) is 2.27. The molecule has 0 radical (unpaired) electrons. The zero-order valence-corrected chi connectivity index (χ0v) is 18.6. The molecule has 0 atom stereocenters. The largest absolute Gasteiger partial charge is 0.497 e. The molecule has 6 nitrogen and oxygen atoms in total. The highest BCUT2D eigenvalue weighted by atomic mass is 127. The molecule has 0 aliphatic carbocycles. The van der Waals surface area contributed by atoms with E-state index in [1.807, 2.05) is 30.3 Å². The van der Waals surface area contributed by atoms with Crippen LogP contribution in [0.25, 0.3) is 0 Å². The molecule has 2 aromatic carbocycles. The van der Waals surface area contributed by atoms with Gasteiger partial charge in [-0.2, -0.15) is 0 Å². The molecule has 0 spiro atoms. The number of rotatable bonds is 7. The molecule has 0 aliphatic rings. The van der Waals surface area contributed by atoms with Crippen molar-refractivity contribution in [2.75, 3.05) is 27.7 Å². The van der Waals surface area contributed by atoms with Gasteiger partial charge in [-0.1, -0.05) is 30.3 Å². The van der Waals surface area contributed by atoms with Gasteiger partial charge in [0.1, 0.15) is 11.6 Å². The molecule has 0 saturated heterocycles. The van der Waals surface area contributed by atoms with Crippen LogP contribution >= 0.6 is 24.0 Å². The van der Waals surface area contributed by atoms with E-state index in [1.54, 1.807) is 20.2 Å². The van der Waals surface area contributed by atoms with Gasteiger partial charge in [-0.05, 0) is 23.3 Å². The van der Waals surface area contributed by atoms with Crippen LogP contribution in [0, 0.1) is 5.82 Å². The van der Waals surface area contributed by atoms with E-state index in [-0.39, 0.29) is 48.8 Å². The lowest BCUT2D eigenvalue weighted by atomic mass is 10.2. The molecule has 2 N–H and O–H groups in total. The highest BCUT2D eigenvalue weighted by Crippen LogP contribution is 2.16. The van der Waals surface area contributed by atoms with Crippen molar-refractivity contribution in [1.82, 2.24) is 15.5 Å². The van der Waals surface area contributed by atoms with E-state index < -0.39 is 0 Å². The van der Waals surface area contributed by atoms with E-state index in [0.29, 0.717) is 23.8 Å². The fourth-order valence-electron chi connectivity index (χ4n) is 2.27. The molecule has 0 heterocycles. The van der Waals surface area contributed by atoms with Gasteiger partial charge in [0, 0.05) is 26.7 Å². The van der Waals surface area contributed by atoms with Crippen LogP contribution in [0.1, 0.15) is 11.1 Å². The van der Waals surface area contributed by atoms with Crippen molar-refractivity contribution < 1.29 is 13.9 Å². The number of amides is 1. The predicted molar refractivity (Wildman–Crippen MR) is 119 cm³/mol. The van der Waals surface area contributed by atoms with Crippen LogP contribution in [0.15, 0.2) is 53.5 Å². The molecule has 28 heavy (non-hydrogen) atoms. The van der Waals surface area contributed by atoms with E-state index >= 15 is 0 Å². The molecule has 1 amide bonds. The molecule has 0 aromatic heterocycles. The Morgan fingerprint density at radius 2 is 1.82 bits per heavy atom. The molecule has 8 heteroatoms. The standard InChI is InChI=1S/C20H25FN4O2.HI/c1-25(2)19(26)14-24-20(22-12-15-7-5-4-6-8-15)23-13-16-9-17(21)11-18(10-16)27-3;/h4-11H,12-14H2,1-3H3,(H2,22,23,24);1H. The Bertz CT molecular complexity index is 785. The molecule has 0 bridgehead atoms. The van der Waals surface area contributed by atoms with Crippen molar-refractivity contribution in [3.63, 3.8) is 0 Å². The number of hydrogen-bond acceptors (Lipinski definition) is 3. The first-order chi connectivity index (χ1) is 13.0. The first kappa shape index (κ1) is 23.7. The van der Waals surface area contributed by atoms with Gasteiger partial charge in [0.05, 0.1) is 20.2 Å². The zero-order chi connectivity index (χ0) is 19.6. The summed E-state index contributed by atoms with van der Waals surface area (Å²) in [7, 11) is 4.87. The highest BCUT2D eigenvalue weighted by Gasteiger charge is 2.07. The van der Waals surface area contributed by atoms with Crippen LogP contribution < -0.4 is 15.4 Å². The Labute approximate surface area is 182 Å². The summed E-state index contributed by atoms with van der Waals surface area (Å²) in [5.41, 5.74) is 1.75. The lowest BCUT2D eigenvalue weighted by Crippen LogP contribution is -2.42. The molecule has 0 saturated carbocycles. The van der Waals surface area contributed by atoms with Crippen LogP contribution in [-0.4, -0.2) is 44.5 Å². The van der Waals surface area contributed by atoms with Gasteiger partial charge < -0.3 is 20.3 Å². The first-order valence-electron chi connectivity index (χ1n) is 8.57. The van der Waals surface area contributed by atoms with E-state index in [2.05, 4.69) is 15.6 Å². The smallest absolute Gasteiger partial charge is 0.241 e. The minimum absolute atomic E-state index is 0. The summed E-state index contributed by atoms with van der Waals surface area (Å²) in [6.07, 6.45) is 0. The normalized spacial score (nSPS) is 10.6. The number of carbonyl (C=O) groups excluding carboxylic acids is 1. The summed E-state index contributed by atoms with van der Waals surface area (Å²) in [4.78, 5) is 17.8. The predicted octanol–water partition coefficient (Wildman–Crippen LogP) is 2.78. The maximum absolute atomic E-state index is 13.6. The number of methoxy groups -OCH3 is 1. The maximum Gasteiger partial charge on any atom is 0.241 e. The third-order valence-electron chi connectivity index (χ3n) is 3.80. The molecule has 2 rings (SSSR count). The number of guanidine groups is 1. The van der Waals surface area contributed by atoms with Crippen LogP contribution in [0.4, 0.5) is 4.39 Å². The van der Waals surface area contributed by atoms with E-state index in [4.69, 9.17) is 4.74 Å². The number of hydrogen-bond donors (Lipinski definition) is 2. The quantitative estimate of drug-likeness (QED) is 0.349. The van der Waals surface area contributed by atoms with Crippen molar-refractivity contribution in [3.05, 3.63) is 65.5 Å². The van der Waals surface area contributed by atoms with Gasteiger partial charge in [-0.3, -0.25) is 4.79 Å². The maximum atomic E-state index is 13.6. The molecule has 0 aliphatic heterocycles. The Morgan fingerprint density at radius 3 is 2.46 bits per heavy atom. The number of nitrogens with zero attached hydrogens (tertiary/aromatic N) is 2. The van der Waals surface area contributed by atoms with Crippen LogP contribution in [0.3, 0.4) is 0 Å². The fraction of sp³-hybridized carbons (Fsp3) is 0.300. The van der Waals surface area contributed by atoms with Crippen LogP contribution in [0.5, 0.6) is 5.75 Å². The van der Waals surface area contributed by atoms with E-state index in [9.17, 15) is 9.18 Å². The number of halogens is 2. The van der Waals surface area contributed by atoms with E-state index in [0.717, 1.165) is 5.56 Å². The van der Waals surface area contributed by atoms with Gasteiger partial charge in [0.2, 0.25) is 5.91 Å². The second-order valence-electron chi connectivity index (χ2n) is 6.15. The monoisotopic (exact) mass is 500 g/mol. The van der Waals surface area contributed by atoms with Gasteiger partial charge in [-0.15, -0.1) is 24.0 Å². The van der Waals surface area contributed by atoms with Crippen molar-refractivity contribution in [2.24, 2.45) is 4.99 Å². The number of aliphatic imine (C=N–C) groups is 1. The molecule has 0 unspecified atom stereocenters. The molecule has 2 aromatic rings. The lowest BCUT2D eigenvalue weighted by molar-refractivity contribution is -0.127. The molecular formula is C20H26FIN4O2. The Kier molecular flexibility index (Phi) is 10.3. The summed E-state index contributed by atoms with van der Waals surface area (Å²) in [6.45, 7) is 0.907. The second-order valence-corrected chi connectivity index (χ2v) is 6.15. The highest BCUT2D eigenvalue weighted by molar-refractivity contribution is 14.0. The average Bonchev–Trinajstić information content (AvgIpc) is 2.67. The summed E-state index contributed by atoms with van der Waals surface area (Å²) >= 11 is 0. The van der Waals surface area contributed by atoms with Crippen molar-refractivity contribution >= 4 is 35.8 Å². The SMILES string of the molecule is COc1cc(F)cc(CN=C(NCC(=O)N(C)C)NCc2ccccc2)c1.I. The van der Waals surface area contributed by atoms with Gasteiger partial charge >= 0.3 is 0 Å². The third-order valence-corrected chi connectivity index (χ3v) is 3.80. The van der Waals surface area contributed by atoms with Crippen LogP contribution in [-0.2, 0) is 17.9 Å². The number of ether oxygens (including phenoxy) is 1.